The van der Waals surface area contributed by atoms with Crippen LogP contribution in [0.5, 0.6) is 0 Å². The summed E-state index contributed by atoms with van der Waals surface area (Å²) in [6.45, 7) is 2.76. The molecule has 0 aliphatic heterocycles. The van der Waals surface area contributed by atoms with Gasteiger partial charge in [0.2, 0.25) is 0 Å². The van der Waals surface area contributed by atoms with Crippen molar-refractivity contribution in [2.75, 3.05) is 0 Å². The van der Waals surface area contributed by atoms with Gasteiger partial charge in [0.25, 0.3) is 0 Å². The predicted octanol–water partition coefficient (Wildman–Crippen LogP) is 3.75. The number of nitrogens with zero attached hydrogens (tertiary/aromatic N) is 4. The van der Waals surface area contributed by atoms with Crippen LogP contribution in [0.25, 0.3) is 5.69 Å². The Morgan fingerprint density at radius 1 is 1.36 bits per heavy atom. The molecule has 0 saturated heterocycles. The van der Waals surface area contributed by atoms with Gasteiger partial charge in [-0.3, -0.25) is 14.3 Å². The molecule has 3 rings (SSSR count). The van der Waals surface area contributed by atoms with Crippen LogP contribution < -0.4 is 0 Å². The minimum absolute atomic E-state index is 0. The number of nitrogens with one attached hydrogen (secondary N) is 1. The Hall–Kier alpha value is -1.63. The van der Waals surface area contributed by atoms with Gasteiger partial charge in [0, 0.05) is 24.2 Å². The zero-order chi connectivity index (χ0) is 14.8. The maximum Gasteiger partial charge on any atom is 0.199 e. The smallest absolute Gasteiger partial charge is 0.199 e. The lowest BCUT2D eigenvalue weighted by Crippen LogP contribution is -2.07. The van der Waals surface area contributed by atoms with Gasteiger partial charge < -0.3 is 0 Å². The fourth-order valence-electron chi connectivity index (χ4n) is 2.18. The molecule has 0 amide bonds. The van der Waals surface area contributed by atoms with E-state index in [1.54, 1.807) is 0 Å². The van der Waals surface area contributed by atoms with E-state index in [0.29, 0.717) is 9.79 Å². The van der Waals surface area contributed by atoms with Crippen molar-refractivity contribution in [2.45, 2.75) is 19.9 Å². The first-order valence-corrected chi connectivity index (χ1v) is 7.33. The van der Waals surface area contributed by atoms with Crippen LogP contribution in [0.1, 0.15) is 11.4 Å². The molecule has 0 radical (unpaired) electrons. The summed E-state index contributed by atoms with van der Waals surface area (Å²) in [5.41, 5.74) is 2.05. The van der Waals surface area contributed by atoms with E-state index < -0.39 is 0 Å². The quantitative estimate of drug-likeness (QED) is 0.725. The molecule has 3 aromatic rings. The fraction of sp³-hybridized carbons (Fsp3) is 0.214. The highest BCUT2D eigenvalue weighted by molar-refractivity contribution is 7.71. The summed E-state index contributed by atoms with van der Waals surface area (Å²) in [6, 6.07) is 7.56. The zero-order valence-electron chi connectivity index (χ0n) is 11.9. The van der Waals surface area contributed by atoms with Crippen LogP contribution in [0.4, 0.5) is 0 Å². The Morgan fingerprint density at radius 3 is 2.86 bits per heavy atom. The number of aromatic nitrogens is 5. The van der Waals surface area contributed by atoms with Crippen molar-refractivity contribution >= 4 is 36.2 Å². The van der Waals surface area contributed by atoms with E-state index in [-0.39, 0.29) is 12.4 Å². The number of hydrogen-bond donors (Lipinski definition) is 1. The molecule has 8 heteroatoms. The lowest BCUT2D eigenvalue weighted by Gasteiger charge is -2.07. The topological polar surface area (TPSA) is 51.4 Å². The van der Waals surface area contributed by atoms with Crippen LogP contribution in [0.15, 0.2) is 36.7 Å². The van der Waals surface area contributed by atoms with Crippen molar-refractivity contribution in [1.29, 1.82) is 0 Å². The number of aryl methyl sites for hydroxylation is 3. The second-order valence-corrected chi connectivity index (χ2v) is 5.61. The molecule has 0 aliphatic carbocycles. The SMILES string of the molecule is Cc1cnn(CCc2n[nH]c(=S)n2-c2cccc(Cl)c2)c1.Cl. The number of benzene rings is 1. The Balaban J connectivity index is 0.00000176. The van der Waals surface area contributed by atoms with E-state index in [0.717, 1.165) is 30.0 Å². The van der Waals surface area contributed by atoms with E-state index in [9.17, 15) is 0 Å². The summed E-state index contributed by atoms with van der Waals surface area (Å²) >= 11 is 11.4. The van der Waals surface area contributed by atoms with Crippen LogP contribution in [0, 0.1) is 11.7 Å². The molecule has 2 heterocycles. The fourth-order valence-corrected chi connectivity index (χ4v) is 2.62. The van der Waals surface area contributed by atoms with Crippen LogP contribution in [0.2, 0.25) is 5.02 Å². The van der Waals surface area contributed by atoms with Crippen LogP contribution >= 0.6 is 36.2 Å². The van der Waals surface area contributed by atoms with Gasteiger partial charge in [-0.1, -0.05) is 17.7 Å². The highest BCUT2D eigenvalue weighted by Gasteiger charge is 2.09. The average molecular weight is 356 g/mol. The second kappa shape index (κ2) is 7.09. The highest BCUT2D eigenvalue weighted by atomic mass is 35.5. The first kappa shape index (κ1) is 16.7. The van der Waals surface area contributed by atoms with Gasteiger partial charge in [0.1, 0.15) is 5.82 Å². The maximum absolute atomic E-state index is 6.05. The van der Waals surface area contributed by atoms with Crippen LogP contribution in [-0.2, 0) is 13.0 Å². The van der Waals surface area contributed by atoms with Gasteiger partial charge in [0.05, 0.1) is 11.9 Å². The summed E-state index contributed by atoms with van der Waals surface area (Å²) in [6.07, 6.45) is 4.57. The molecule has 0 saturated carbocycles. The number of aromatic amines is 1. The van der Waals surface area contributed by atoms with Crippen LogP contribution in [-0.4, -0.2) is 24.5 Å². The first-order valence-electron chi connectivity index (χ1n) is 6.55. The molecule has 1 aromatic carbocycles. The Bertz CT molecular complexity index is 821. The third-order valence-corrected chi connectivity index (χ3v) is 3.64. The lowest BCUT2D eigenvalue weighted by molar-refractivity contribution is 0.594. The summed E-state index contributed by atoms with van der Waals surface area (Å²) in [5.74, 6) is 0.857. The zero-order valence-corrected chi connectivity index (χ0v) is 14.3. The van der Waals surface area contributed by atoms with Gasteiger partial charge in [0.15, 0.2) is 4.77 Å². The van der Waals surface area contributed by atoms with Crippen molar-refractivity contribution < 1.29 is 0 Å². The molecule has 0 bridgehead atoms. The Labute approximate surface area is 144 Å². The number of rotatable bonds is 4. The summed E-state index contributed by atoms with van der Waals surface area (Å²) in [4.78, 5) is 0. The van der Waals surface area contributed by atoms with Gasteiger partial charge in [-0.25, -0.2) is 0 Å². The molecule has 2 aromatic heterocycles. The van der Waals surface area contributed by atoms with Gasteiger partial charge in [-0.05, 0) is 42.9 Å². The third kappa shape index (κ3) is 3.58. The molecule has 1 N–H and O–H groups in total. The molecule has 0 atom stereocenters. The molecular weight excluding hydrogens is 341 g/mol. The minimum atomic E-state index is 0. The molecule has 116 valence electrons. The van der Waals surface area contributed by atoms with E-state index >= 15 is 0 Å². The van der Waals surface area contributed by atoms with Crippen molar-refractivity contribution in [3.05, 3.63) is 57.8 Å². The number of H-pyrrole nitrogens is 1. The number of hydrogen-bond acceptors (Lipinski definition) is 3. The lowest BCUT2D eigenvalue weighted by atomic mass is 10.3. The Morgan fingerprint density at radius 2 is 2.18 bits per heavy atom. The molecule has 22 heavy (non-hydrogen) atoms. The molecule has 5 nitrogen and oxygen atoms in total. The number of halogens is 2. The molecule has 0 spiro atoms. The molecule has 0 aliphatic rings. The van der Waals surface area contributed by atoms with E-state index in [2.05, 4.69) is 15.3 Å². The minimum Gasteiger partial charge on any atom is -0.272 e. The molecule has 0 fully saturated rings. The normalized spacial score (nSPS) is 10.5. The first-order chi connectivity index (χ1) is 10.1. The van der Waals surface area contributed by atoms with Gasteiger partial charge in [-0.15, -0.1) is 12.4 Å². The average Bonchev–Trinajstić information content (AvgIpc) is 3.02. The van der Waals surface area contributed by atoms with Crippen molar-refractivity contribution in [3.63, 3.8) is 0 Å². The summed E-state index contributed by atoms with van der Waals surface area (Å²) in [7, 11) is 0. The predicted molar refractivity (Wildman–Crippen MR) is 91.7 cm³/mol. The van der Waals surface area contributed by atoms with Gasteiger partial charge >= 0.3 is 0 Å². The van der Waals surface area contributed by atoms with E-state index in [1.807, 2.05) is 52.8 Å². The standard InChI is InChI=1S/C14H14ClN5S.ClH/c1-10-8-16-19(9-10)6-5-13-17-18-14(21)20(13)12-4-2-3-11(15)7-12;/h2-4,7-9H,5-6H2,1H3,(H,18,21);1H. The maximum atomic E-state index is 6.05. The largest absolute Gasteiger partial charge is 0.272 e. The Kier molecular flexibility index (Phi) is 5.39. The van der Waals surface area contributed by atoms with Crippen LogP contribution in [0.3, 0.4) is 0 Å². The second-order valence-electron chi connectivity index (χ2n) is 4.79. The highest BCUT2D eigenvalue weighted by Crippen LogP contribution is 2.17. The molecular formula is C14H15Cl2N5S. The van der Waals surface area contributed by atoms with Crippen molar-refractivity contribution in [3.8, 4) is 5.69 Å². The monoisotopic (exact) mass is 355 g/mol. The van der Waals surface area contributed by atoms with Gasteiger partial charge in [-0.2, -0.15) is 10.2 Å². The van der Waals surface area contributed by atoms with E-state index in [4.69, 9.17) is 23.8 Å². The summed E-state index contributed by atoms with van der Waals surface area (Å²) < 4.78 is 4.36. The van der Waals surface area contributed by atoms with Crippen molar-refractivity contribution in [2.24, 2.45) is 0 Å². The third-order valence-electron chi connectivity index (χ3n) is 3.14. The van der Waals surface area contributed by atoms with E-state index in [1.165, 1.54) is 0 Å². The van der Waals surface area contributed by atoms with Crippen molar-refractivity contribution in [1.82, 2.24) is 24.5 Å². The summed E-state index contributed by atoms with van der Waals surface area (Å²) in [5, 5.41) is 12.1. The molecule has 0 unspecified atom stereocenters.